The van der Waals surface area contributed by atoms with Crippen LogP contribution in [-0.2, 0) is 10.0 Å². The van der Waals surface area contributed by atoms with E-state index in [9.17, 15) is 8.42 Å². The molecule has 1 N–H and O–H groups in total. The van der Waals surface area contributed by atoms with Crippen LogP contribution in [-0.4, -0.2) is 44.7 Å². The van der Waals surface area contributed by atoms with Gasteiger partial charge in [-0.2, -0.15) is 0 Å². The summed E-state index contributed by atoms with van der Waals surface area (Å²) in [5.41, 5.74) is 0. The standard InChI is InChI=1S/C11H24N2O2S/c1-2-7-12-8-11-16(14,15)13-9-5-3-4-6-10-13/h12H,2-11H2,1H3. The van der Waals surface area contributed by atoms with Gasteiger partial charge in [0.2, 0.25) is 10.0 Å². The topological polar surface area (TPSA) is 49.4 Å². The monoisotopic (exact) mass is 248 g/mol. The molecule has 0 bridgehead atoms. The van der Waals surface area contributed by atoms with Crippen molar-refractivity contribution in [2.24, 2.45) is 0 Å². The smallest absolute Gasteiger partial charge is 0.215 e. The minimum atomic E-state index is -3.02. The van der Waals surface area contributed by atoms with Gasteiger partial charge in [-0.15, -0.1) is 0 Å². The van der Waals surface area contributed by atoms with Gasteiger partial charge in [0.1, 0.15) is 0 Å². The molecular formula is C11H24N2O2S. The summed E-state index contributed by atoms with van der Waals surface area (Å²) < 4.78 is 25.6. The Morgan fingerprint density at radius 2 is 1.69 bits per heavy atom. The highest BCUT2D eigenvalue weighted by Gasteiger charge is 2.21. The summed E-state index contributed by atoms with van der Waals surface area (Å²) >= 11 is 0. The predicted octanol–water partition coefficient (Wildman–Crippen LogP) is 1.19. The largest absolute Gasteiger partial charge is 0.316 e. The first-order valence-electron chi connectivity index (χ1n) is 6.35. The summed E-state index contributed by atoms with van der Waals surface area (Å²) in [5, 5.41) is 3.14. The summed E-state index contributed by atoms with van der Waals surface area (Å²) in [6, 6.07) is 0. The fourth-order valence-corrected chi connectivity index (χ4v) is 3.43. The highest BCUT2D eigenvalue weighted by Crippen LogP contribution is 2.13. The molecule has 0 atom stereocenters. The average Bonchev–Trinajstić information content (AvgIpc) is 2.53. The number of nitrogens with zero attached hydrogens (tertiary/aromatic N) is 1. The molecule has 1 saturated heterocycles. The van der Waals surface area contributed by atoms with Crippen LogP contribution in [0.15, 0.2) is 0 Å². The molecule has 5 heteroatoms. The van der Waals surface area contributed by atoms with E-state index in [0.29, 0.717) is 6.54 Å². The summed E-state index contributed by atoms with van der Waals surface area (Å²) in [4.78, 5) is 0. The maximum absolute atomic E-state index is 12.0. The second kappa shape index (κ2) is 7.25. The average molecular weight is 248 g/mol. The van der Waals surface area contributed by atoms with Gasteiger partial charge in [-0.1, -0.05) is 19.8 Å². The molecule has 0 aromatic carbocycles. The Kier molecular flexibility index (Phi) is 6.31. The van der Waals surface area contributed by atoms with Gasteiger partial charge in [0.25, 0.3) is 0 Å². The third kappa shape index (κ3) is 4.80. The molecule has 1 aliphatic rings. The zero-order chi connectivity index (χ0) is 11.9. The first-order valence-corrected chi connectivity index (χ1v) is 7.96. The lowest BCUT2D eigenvalue weighted by atomic mass is 10.2. The van der Waals surface area contributed by atoms with Gasteiger partial charge in [0, 0.05) is 19.6 Å². The van der Waals surface area contributed by atoms with Crippen LogP contribution in [0.4, 0.5) is 0 Å². The van der Waals surface area contributed by atoms with Crippen LogP contribution in [0.25, 0.3) is 0 Å². The van der Waals surface area contributed by atoms with Gasteiger partial charge in [-0.25, -0.2) is 12.7 Å². The Hall–Kier alpha value is -0.130. The van der Waals surface area contributed by atoms with E-state index in [1.807, 2.05) is 0 Å². The van der Waals surface area contributed by atoms with Crippen molar-refractivity contribution in [1.82, 2.24) is 9.62 Å². The van der Waals surface area contributed by atoms with Crippen molar-refractivity contribution in [3.8, 4) is 0 Å². The highest BCUT2D eigenvalue weighted by molar-refractivity contribution is 7.89. The van der Waals surface area contributed by atoms with Gasteiger partial charge in [0.05, 0.1) is 5.75 Å². The molecule has 4 nitrogen and oxygen atoms in total. The second-order valence-corrected chi connectivity index (χ2v) is 6.47. The molecule has 0 saturated carbocycles. The van der Waals surface area contributed by atoms with Crippen molar-refractivity contribution in [3.63, 3.8) is 0 Å². The van der Waals surface area contributed by atoms with Crippen molar-refractivity contribution in [2.75, 3.05) is 31.9 Å². The van der Waals surface area contributed by atoms with Gasteiger partial charge in [0.15, 0.2) is 0 Å². The molecule has 96 valence electrons. The summed E-state index contributed by atoms with van der Waals surface area (Å²) in [7, 11) is -3.02. The number of nitrogens with one attached hydrogen (secondary N) is 1. The third-order valence-corrected chi connectivity index (χ3v) is 4.79. The molecule has 0 amide bonds. The van der Waals surface area contributed by atoms with Crippen LogP contribution in [0, 0.1) is 0 Å². The van der Waals surface area contributed by atoms with E-state index in [0.717, 1.165) is 38.9 Å². The Morgan fingerprint density at radius 1 is 1.06 bits per heavy atom. The minimum absolute atomic E-state index is 0.243. The Bertz CT molecular complexity index is 270. The number of rotatable bonds is 6. The molecular weight excluding hydrogens is 224 g/mol. The lowest BCUT2D eigenvalue weighted by Gasteiger charge is -2.19. The van der Waals surface area contributed by atoms with Crippen molar-refractivity contribution < 1.29 is 8.42 Å². The van der Waals surface area contributed by atoms with E-state index in [4.69, 9.17) is 0 Å². The molecule has 0 aliphatic carbocycles. The summed E-state index contributed by atoms with van der Waals surface area (Å²) in [6.07, 6.45) is 5.41. The minimum Gasteiger partial charge on any atom is -0.316 e. The second-order valence-electron chi connectivity index (χ2n) is 4.38. The molecule has 0 unspecified atom stereocenters. The zero-order valence-electron chi connectivity index (χ0n) is 10.2. The van der Waals surface area contributed by atoms with E-state index >= 15 is 0 Å². The molecule has 1 fully saturated rings. The molecule has 0 aromatic rings. The Labute approximate surface area is 99.5 Å². The molecule has 16 heavy (non-hydrogen) atoms. The van der Waals surface area contributed by atoms with Gasteiger partial charge in [-0.05, 0) is 25.8 Å². The van der Waals surface area contributed by atoms with E-state index in [1.165, 1.54) is 12.8 Å². The zero-order valence-corrected chi connectivity index (χ0v) is 11.1. The van der Waals surface area contributed by atoms with Gasteiger partial charge < -0.3 is 5.32 Å². The highest BCUT2D eigenvalue weighted by atomic mass is 32.2. The first-order chi connectivity index (χ1) is 7.67. The Balaban J connectivity index is 2.36. The lowest BCUT2D eigenvalue weighted by molar-refractivity contribution is 0.423. The van der Waals surface area contributed by atoms with Crippen LogP contribution in [0.3, 0.4) is 0 Å². The maximum Gasteiger partial charge on any atom is 0.215 e. The van der Waals surface area contributed by atoms with E-state index < -0.39 is 10.0 Å². The number of hydrogen-bond donors (Lipinski definition) is 1. The van der Waals surface area contributed by atoms with Crippen molar-refractivity contribution in [3.05, 3.63) is 0 Å². The molecule has 0 aromatic heterocycles. The fourth-order valence-electron chi connectivity index (χ4n) is 1.95. The number of sulfonamides is 1. The quantitative estimate of drug-likeness (QED) is 0.718. The molecule has 1 aliphatic heterocycles. The molecule has 0 spiro atoms. The SMILES string of the molecule is CCCNCCS(=O)(=O)N1CCCCCC1. The van der Waals surface area contributed by atoms with Crippen LogP contribution in [0.2, 0.25) is 0 Å². The van der Waals surface area contributed by atoms with Crippen molar-refractivity contribution >= 4 is 10.0 Å². The van der Waals surface area contributed by atoms with E-state index in [2.05, 4.69) is 12.2 Å². The van der Waals surface area contributed by atoms with E-state index in [-0.39, 0.29) is 5.75 Å². The third-order valence-electron chi connectivity index (χ3n) is 2.92. The van der Waals surface area contributed by atoms with Crippen LogP contribution in [0.1, 0.15) is 39.0 Å². The van der Waals surface area contributed by atoms with Crippen molar-refractivity contribution in [2.45, 2.75) is 39.0 Å². The predicted molar refractivity (Wildman–Crippen MR) is 67.0 cm³/mol. The summed E-state index contributed by atoms with van der Waals surface area (Å²) in [6.45, 7) is 4.99. The fraction of sp³-hybridized carbons (Fsp3) is 1.00. The Morgan fingerprint density at radius 3 is 2.25 bits per heavy atom. The first kappa shape index (κ1) is 13.9. The lowest BCUT2D eigenvalue weighted by Crippen LogP contribution is -2.37. The van der Waals surface area contributed by atoms with Crippen molar-refractivity contribution in [1.29, 1.82) is 0 Å². The van der Waals surface area contributed by atoms with Gasteiger partial charge in [-0.3, -0.25) is 0 Å². The molecule has 1 heterocycles. The van der Waals surface area contributed by atoms with Crippen LogP contribution < -0.4 is 5.32 Å². The molecule has 1 rings (SSSR count). The van der Waals surface area contributed by atoms with Gasteiger partial charge >= 0.3 is 0 Å². The molecule has 0 radical (unpaired) electrons. The normalized spacial score (nSPS) is 19.6. The van der Waals surface area contributed by atoms with Crippen LogP contribution >= 0.6 is 0 Å². The summed E-state index contributed by atoms with van der Waals surface area (Å²) in [5.74, 6) is 0.243. The van der Waals surface area contributed by atoms with Crippen LogP contribution in [0.5, 0.6) is 0 Å². The van der Waals surface area contributed by atoms with E-state index in [1.54, 1.807) is 4.31 Å². The maximum atomic E-state index is 12.0. The number of hydrogen-bond acceptors (Lipinski definition) is 3.